The fourth-order valence-electron chi connectivity index (χ4n) is 2.21. The molecule has 2 aromatic carbocycles. The molecular weight excluding hydrogens is 344 g/mol. The SMILES string of the molecule is N#CCOc1ccc(C=Nn2c(=O)[nH]c3ccccc3c2=O)cc1Cl. The van der Waals surface area contributed by atoms with E-state index in [2.05, 4.69) is 10.1 Å². The zero-order valence-electron chi connectivity index (χ0n) is 12.8. The molecule has 124 valence electrons. The molecule has 3 aromatic rings. The number of nitriles is 1. The van der Waals surface area contributed by atoms with Gasteiger partial charge in [0.1, 0.15) is 11.8 Å². The Bertz CT molecular complexity index is 1130. The Morgan fingerprint density at radius 3 is 2.84 bits per heavy atom. The van der Waals surface area contributed by atoms with Gasteiger partial charge in [-0.05, 0) is 35.9 Å². The second-order valence-corrected chi connectivity index (χ2v) is 5.38. The lowest BCUT2D eigenvalue weighted by Crippen LogP contribution is -2.32. The number of halogens is 1. The van der Waals surface area contributed by atoms with Crippen LogP contribution < -0.4 is 16.0 Å². The van der Waals surface area contributed by atoms with Gasteiger partial charge in [-0.1, -0.05) is 23.7 Å². The van der Waals surface area contributed by atoms with Crippen LogP contribution in [-0.2, 0) is 0 Å². The average molecular weight is 355 g/mol. The molecule has 0 aliphatic heterocycles. The zero-order chi connectivity index (χ0) is 17.8. The lowest BCUT2D eigenvalue weighted by atomic mass is 10.2. The highest BCUT2D eigenvalue weighted by atomic mass is 35.5. The minimum Gasteiger partial charge on any atom is -0.477 e. The Labute approximate surface area is 146 Å². The fraction of sp³-hybridized carbons (Fsp3) is 0.0588. The summed E-state index contributed by atoms with van der Waals surface area (Å²) >= 11 is 6.06. The second-order valence-electron chi connectivity index (χ2n) is 4.97. The van der Waals surface area contributed by atoms with Crippen LogP contribution in [0.1, 0.15) is 5.56 Å². The van der Waals surface area contributed by atoms with Crippen molar-refractivity contribution >= 4 is 28.7 Å². The van der Waals surface area contributed by atoms with E-state index >= 15 is 0 Å². The highest BCUT2D eigenvalue weighted by molar-refractivity contribution is 6.32. The Hall–Kier alpha value is -3.37. The van der Waals surface area contributed by atoms with Crippen LogP contribution in [0.15, 0.2) is 57.2 Å². The molecule has 7 nitrogen and oxygen atoms in total. The maximum absolute atomic E-state index is 12.4. The summed E-state index contributed by atoms with van der Waals surface area (Å²) in [4.78, 5) is 27.0. The Morgan fingerprint density at radius 2 is 2.08 bits per heavy atom. The van der Waals surface area contributed by atoms with Gasteiger partial charge in [-0.15, -0.1) is 4.68 Å². The van der Waals surface area contributed by atoms with E-state index in [1.807, 2.05) is 6.07 Å². The number of aromatic amines is 1. The number of hydrogen-bond donors (Lipinski definition) is 1. The van der Waals surface area contributed by atoms with Gasteiger partial charge in [0.05, 0.1) is 22.1 Å². The Morgan fingerprint density at radius 1 is 1.28 bits per heavy atom. The van der Waals surface area contributed by atoms with Gasteiger partial charge in [0, 0.05) is 0 Å². The van der Waals surface area contributed by atoms with Crippen LogP contribution in [0, 0.1) is 11.3 Å². The third kappa shape index (κ3) is 3.44. The number of nitrogens with one attached hydrogen (secondary N) is 1. The summed E-state index contributed by atoms with van der Waals surface area (Å²) in [5.74, 6) is 0.362. The number of rotatable bonds is 4. The first-order valence-corrected chi connectivity index (χ1v) is 7.55. The molecule has 8 heteroatoms. The molecule has 0 aliphatic carbocycles. The molecule has 0 fully saturated rings. The molecule has 0 amide bonds. The molecule has 0 saturated heterocycles. The van der Waals surface area contributed by atoms with Crippen LogP contribution in [0.2, 0.25) is 5.02 Å². The number of fused-ring (bicyclic) bond motifs is 1. The van der Waals surface area contributed by atoms with E-state index in [0.29, 0.717) is 27.2 Å². The average Bonchev–Trinajstić information content (AvgIpc) is 2.61. The third-order valence-electron chi connectivity index (χ3n) is 3.35. The molecule has 25 heavy (non-hydrogen) atoms. The van der Waals surface area contributed by atoms with Crippen LogP contribution in [0.3, 0.4) is 0 Å². The Balaban J connectivity index is 1.96. The lowest BCUT2D eigenvalue weighted by molar-refractivity contribution is 0.368. The van der Waals surface area contributed by atoms with Crippen molar-refractivity contribution in [1.29, 1.82) is 5.26 Å². The van der Waals surface area contributed by atoms with Crippen molar-refractivity contribution in [2.24, 2.45) is 5.10 Å². The standard InChI is InChI=1S/C17H11ClN4O3/c18-13-9-11(5-6-15(13)25-8-7-19)10-20-22-16(23)12-3-1-2-4-14(12)21-17(22)24/h1-6,9-10H,8H2,(H,21,24). The fourth-order valence-corrected chi connectivity index (χ4v) is 2.45. The first-order valence-electron chi connectivity index (χ1n) is 7.18. The third-order valence-corrected chi connectivity index (χ3v) is 3.65. The Kier molecular flexibility index (Phi) is 4.64. The highest BCUT2D eigenvalue weighted by Crippen LogP contribution is 2.24. The number of ether oxygens (including phenoxy) is 1. The minimum atomic E-state index is -0.639. The molecule has 3 rings (SSSR count). The van der Waals surface area contributed by atoms with Gasteiger partial charge >= 0.3 is 5.69 Å². The minimum absolute atomic E-state index is 0.116. The largest absolute Gasteiger partial charge is 0.477 e. The number of para-hydroxylation sites is 1. The van der Waals surface area contributed by atoms with Crippen LogP contribution in [-0.4, -0.2) is 22.5 Å². The second kappa shape index (κ2) is 7.03. The van der Waals surface area contributed by atoms with Crippen LogP contribution >= 0.6 is 11.6 Å². The summed E-state index contributed by atoms with van der Waals surface area (Å²) in [5, 5.41) is 13.1. The molecule has 0 radical (unpaired) electrons. The number of aromatic nitrogens is 2. The van der Waals surface area contributed by atoms with Gasteiger partial charge in [0.25, 0.3) is 5.56 Å². The summed E-state index contributed by atoms with van der Waals surface area (Å²) < 4.78 is 5.89. The smallest absolute Gasteiger partial charge is 0.349 e. The van der Waals surface area contributed by atoms with E-state index in [-0.39, 0.29) is 6.61 Å². The van der Waals surface area contributed by atoms with Gasteiger partial charge in [0.2, 0.25) is 0 Å². The molecule has 0 bridgehead atoms. The normalized spacial score (nSPS) is 10.9. The quantitative estimate of drug-likeness (QED) is 0.725. The van der Waals surface area contributed by atoms with Crippen molar-refractivity contribution in [1.82, 2.24) is 9.66 Å². The summed E-state index contributed by atoms with van der Waals surface area (Å²) in [6.07, 6.45) is 1.34. The number of hydrogen-bond acceptors (Lipinski definition) is 5. The predicted molar refractivity (Wildman–Crippen MR) is 94.4 cm³/mol. The maximum atomic E-state index is 12.4. The van der Waals surface area contributed by atoms with Crippen molar-refractivity contribution in [2.45, 2.75) is 0 Å². The van der Waals surface area contributed by atoms with Crippen molar-refractivity contribution in [3.8, 4) is 11.8 Å². The molecule has 0 spiro atoms. The van der Waals surface area contributed by atoms with Crippen LogP contribution in [0.4, 0.5) is 0 Å². The van der Waals surface area contributed by atoms with Crippen molar-refractivity contribution in [2.75, 3.05) is 6.61 Å². The molecule has 1 N–H and O–H groups in total. The van der Waals surface area contributed by atoms with Gasteiger partial charge < -0.3 is 9.72 Å². The van der Waals surface area contributed by atoms with E-state index < -0.39 is 11.2 Å². The summed E-state index contributed by atoms with van der Waals surface area (Å²) in [6, 6.07) is 13.3. The molecule has 0 unspecified atom stereocenters. The zero-order valence-corrected chi connectivity index (χ0v) is 13.5. The van der Waals surface area contributed by atoms with E-state index in [0.717, 1.165) is 4.68 Å². The van der Waals surface area contributed by atoms with Crippen molar-refractivity contribution in [3.63, 3.8) is 0 Å². The van der Waals surface area contributed by atoms with Gasteiger partial charge in [0.15, 0.2) is 6.61 Å². The van der Waals surface area contributed by atoms with Crippen molar-refractivity contribution < 1.29 is 4.74 Å². The number of nitrogens with zero attached hydrogens (tertiary/aromatic N) is 3. The number of H-pyrrole nitrogens is 1. The molecular formula is C17H11ClN4O3. The van der Waals surface area contributed by atoms with E-state index in [1.165, 1.54) is 6.21 Å². The molecule has 0 aliphatic rings. The van der Waals surface area contributed by atoms with Crippen LogP contribution in [0.5, 0.6) is 5.75 Å². The topological polar surface area (TPSA) is 100 Å². The highest BCUT2D eigenvalue weighted by Gasteiger charge is 2.06. The van der Waals surface area contributed by atoms with Gasteiger partial charge in [-0.2, -0.15) is 10.4 Å². The van der Waals surface area contributed by atoms with E-state index in [1.54, 1.807) is 42.5 Å². The van der Waals surface area contributed by atoms with Crippen LogP contribution in [0.25, 0.3) is 10.9 Å². The first kappa shape index (κ1) is 16.5. The molecule has 1 aromatic heterocycles. The summed E-state index contributed by atoms with van der Waals surface area (Å²) in [6.45, 7) is -0.116. The lowest BCUT2D eigenvalue weighted by Gasteiger charge is -2.04. The predicted octanol–water partition coefficient (Wildman–Crippen LogP) is 2.13. The monoisotopic (exact) mass is 354 g/mol. The molecule has 0 atom stereocenters. The molecule has 0 saturated carbocycles. The van der Waals surface area contributed by atoms with Gasteiger partial charge in [-0.25, -0.2) is 4.79 Å². The van der Waals surface area contributed by atoms with E-state index in [4.69, 9.17) is 21.6 Å². The van der Waals surface area contributed by atoms with Gasteiger partial charge in [-0.3, -0.25) is 4.79 Å². The maximum Gasteiger partial charge on any atom is 0.349 e. The van der Waals surface area contributed by atoms with Crippen molar-refractivity contribution in [3.05, 3.63) is 73.9 Å². The summed E-state index contributed by atoms with van der Waals surface area (Å²) in [5.41, 5.74) is -0.143. The summed E-state index contributed by atoms with van der Waals surface area (Å²) in [7, 11) is 0. The number of benzene rings is 2. The molecule has 1 heterocycles. The van der Waals surface area contributed by atoms with E-state index in [9.17, 15) is 9.59 Å². The first-order chi connectivity index (χ1) is 12.1.